The number of piperazine rings is 1. The van der Waals surface area contributed by atoms with E-state index in [-0.39, 0.29) is 17.9 Å². The first-order valence-electron chi connectivity index (χ1n) is 9.78. The molecular formula is C20H29N3O4. The zero-order valence-electron chi connectivity index (χ0n) is 16.0. The summed E-state index contributed by atoms with van der Waals surface area (Å²) in [6.07, 6.45) is 1.39. The van der Waals surface area contributed by atoms with Gasteiger partial charge in [0.1, 0.15) is 5.75 Å². The summed E-state index contributed by atoms with van der Waals surface area (Å²) in [5.74, 6) is 0.593. The molecule has 3 rings (SSSR count). The Hall–Kier alpha value is -2.28. The molecule has 0 spiro atoms. The van der Waals surface area contributed by atoms with Gasteiger partial charge in [-0.1, -0.05) is 18.2 Å². The standard InChI is InChI=1S/C20H29N3O4/c1-2-27-20(26)23-13-11-22(12-14-23)19(25)16-7-9-21(10-8-16)15-17-5-3-4-6-18(17)24/h3-6,16,24H,2,7-15H2,1H3. The number of phenolic OH excluding ortho intramolecular Hbond substituents is 1. The molecule has 0 aliphatic carbocycles. The first kappa shape index (κ1) is 19.5. The Morgan fingerprint density at radius 1 is 1.04 bits per heavy atom. The lowest BCUT2D eigenvalue weighted by atomic mass is 9.94. The number of rotatable bonds is 4. The number of hydrogen-bond donors (Lipinski definition) is 1. The Kier molecular flexibility index (Phi) is 6.55. The van der Waals surface area contributed by atoms with Crippen molar-refractivity contribution >= 4 is 12.0 Å². The van der Waals surface area contributed by atoms with Crippen molar-refractivity contribution in [2.45, 2.75) is 26.3 Å². The summed E-state index contributed by atoms with van der Waals surface area (Å²) in [6.45, 7) is 6.83. The van der Waals surface area contributed by atoms with E-state index in [1.54, 1.807) is 17.9 Å². The van der Waals surface area contributed by atoms with E-state index >= 15 is 0 Å². The summed E-state index contributed by atoms with van der Waals surface area (Å²) in [6, 6.07) is 7.41. The predicted molar refractivity (Wildman–Crippen MR) is 101 cm³/mol. The third kappa shape index (κ3) is 4.91. The van der Waals surface area contributed by atoms with Crippen LogP contribution in [-0.4, -0.2) is 77.7 Å². The number of benzene rings is 1. The van der Waals surface area contributed by atoms with Crippen molar-refractivity contribution < 1.29 is 19.4 Å². The second-order valence-corrected chi connectivity index (χ2v) is 7.19. The summed E-state index contributed by atoms with van der Waals surface area (Å²) in [7, 11) is 0. The van der Waals surface area contributed by atoms with E-state index in [1.165, 1.54) is 0 Å². The van der Waals surface area contributed by atoms with E-state index in [0.29, 0.717) is 45.1 Å². The van der Waals surface area contributed by atoms with Crippen LogP contribution in [0, 0.1) is 5.92 Å². The number of ether oxygens (including phenoxy) is 1. The molecule has 0 saturated carbocycles. The number of aromatic hydroxyl groups is 1. The van der Waals surface area contributed by atoms with Gasteiger partial charge in [0.05, 0.1) is 6.61 Å². The molecule has 2 aliphatic heterocycles. The summed E-state index contributed by atoms with van der Waals surface area (Å²) in [5, 5.41) is 9.92. The molecule has 0 aromatic heterocycles. The first-order chi connectivity index (χ1) is 13.1. The maximum Gasteiger partial charge on any atom is 0.409 e. The van der Waals surface area contributed by atoms with Crippen LogP contribution in [0.1, 0.15) is 25.3 Å². The largest absolute Gasteiger partial charge is 0.508 e. The quantitative estimate of drug-likeness (QED) is 0.870. The molecule has 0 unspecified atom stereocenters. The van der Waals surface area contributed by atoms with Crippen LogP contribution in [0.2, 0.25) is 0 Å². The van der Waals surface area contributed by atoms with Crippen LogP contribution < -0.4 is 0 Å². The van der Waals surface area contributed by atoms with Crippen molar-refractivity contribution in [1.82, 2.24) is 14.7 Å². The maximum absolute atomic E-state index is 12.8. The van der Waals surface area contributed by atoms with Gasteiger partial charge < -0.3 is 19.6 Å². The van der Waals surface area contributed by atoms with Gasteiger partial charge in [-0.25, -0.2) is 4.79 Å². The predicted octanol–water partition coefficient (Wildman–Crippen LogP) is 1.90. The molecule has 0 radical (unpaired) electrons. The molecule has 2 heterocycles. The van der Waals surface area contributed by atoms with Crippen molar-refractivity contribution in [3.63, 3.8) is 0 Å². The van der Waals surface area contributed by atoms with Crippen LogP contribution >= 0.6 is 0 Å². The molecule has 1 N–H and O–H groups in total. The average molecular weight is 375 g/mol. The lowest BCUT2D eigenvalue weighted by Crippen LogP contribution is -2.53. The number of piperidine rings is 1. The number of hydrogen-bond acceptors (Lipinski definition) is 5. The third-order valence-corrected chi connectivity index (χ3v) is 5.44. The number of amides is 2. The van der Waals surface area contributed by atoms with Gasteiger partial charge in [0.2, 0.25) is 5.91 Å². The fourth-order valence-electron chi connectivity index (χ4n) is 3.81. The van der Waals surface area contributed by atoms with E-state index in [4.69, 9.17) is 4.74 Å². The molecule has 2 amide bonds. The minimum atomic E-state index is -0.290. The van der Waals surface area contributed by atoms with Crippen LogP contribution in [-0.2, 0) is 16.1 Å². The summed E-state index contributed by atoms with van der Waals surface area (Å²) in [4.78, 5) is 30.4. The number of nitrogens with zero attached hydrogens (tertiary/aromatic N) is 3. The van der Waals surface area contributed by atoms with Crippen LogP contribution in [0.3, 0.4) is 0 Å². The van der Waals surface area contributed by atoms with Crippen molar-refractivity contribution in [2.24, 2.45) is 5.92 Å². The monoisotopic (exact) mass is 375 g/mol. The zero-order chi connectivity index (χ0) is 19.2. The molecule has 1 aromatic rings. The Morgan fingerprint density at radius 2 is 1.67 bits per heavy atom. The second-order valence-electron chi connectivity index (χ2n) is 7.19. The van der Waals surface area contributed by atoms with E-state index < -0.39 is 0 Å². The molecule has 148 valence electrons. The molecule has 0 atom stereocenters. The minimum absolute atomic E-state index is 0.0553. The highest BCUT2D eigenvalue weighted by Crippen LogP contribution is 2.24. The first-order valence-corrected chi connectivity index (χ1v) is 9.78. The summed E-state index contributed by atoms with van der Waals surface area (Å²) in [5.41, 5.74) is 0.928. The Balaban J connectivity index is 1.44. The fraction of sp³-hybridized carbons (Fsp3) is 0.600. The SMILES string of the molecule is CCOC(=O)N1CCN(C(=O)C2CCN(Cc3ccccc3O)CC2)CC1. The molecule has 7 heteroatoms. The Labute approximate surface area is 160 Å². The second kappa shape index (κ2) is 9.08. The fourth-order valence-corrected chi connectivity index (χ4v) is 3.81. The van der Waals surface area contributed by atoms with Crippen LogP contribution in [0.15, 0.2) is 24.3 Å². The molecule has 2 fully saturated rings. The number of carbonyl (C=O) groups is 2. The molecule has 2 saturated heterocycles. The molecule has 0 bridgehead atoms. The maximum atomic E-state index is 12.8. The van der Waals surface area contributed by atoms with Gasteiger partial charge in [0.25, 0.3) is 0 Å². The lowest BCUT2D eigenvalue weighted by molar-refractivity contribution is -0.138. The molecule has 7 nitrogen and oxygen atoms in total. The zero-order valence-corrected chi connectivity index (χ0v) is 16.0. The van der Waals surface area contributed by atoms with Crippen molar-refractivity contribution in [3.8, 4) is 5.75 Å². The van der Waals surface area contributed by atoms with Crippen LogP contribution in [0.25, 0.3) is 0 Å². The number of para-hydroxylation sites is 1. The third-order valence-electron chi connectivity index (χ3n) is 5.44. The lowest BCUT2D eigenvalue weighted by Gasteiger charge is -2.38. The normalized spacial score (nSPS) is 19.1. The Morgan fingerprint density at radius 3 is 2.30 bits per heavy atom. The molecule has 1 aromatic carbocycles. The molecular weight excluding hydrogens is 346 g/mol. The molecule has 27 heavy (non-hydrogen) atoms. The highest BCUT2D eigenvalue weighted by atomic mass is 16.6. The highest BCUT2D eigenvalue weighted by molar-refractivity contribution is 5.79. The average Bonchev–Trinajstić information content (AvgIpc) is 2.70. The van der Waals surface area contributed by atoms with Crippen molar-refractivity contribution in [2.75, 3.05) is 45.9 Å². The molecule has 2 aliphatic rings. The van der Waals surface area contributed by atoms with Gasteiger partial charge >= 0.3 is 6.09 Å². The van der Waals surface area contributed by atoms with Crippen molar-refractivity contribution in [1.29, 1.82) is 0 Å². The van der Waals surface area contributed by atoms with E-state index in [9.17, 15) is 14.7 Å². The van der Waals surface area contributed by atoms with Gasteiger partial charge in [-0.3, -0.25) is 9.69 Å². The smallest absolute Gasteiger partial charge is 0.409 e. The number of carbonyl (C=O) groups excluding carboxylic acids is 2. The highest BCUT2D eigenvalue weighted by Gasteiger charge is 2.31. The topological polar surface area (TPSA) is 73.3 Å². The van der Waals surface area contributed by atoms with Crippen LogP contribution in [0.5, 0.6) is 5.75 Å². The van der Waals surface area contributed by atoms with Crippen LogP contribution in [0.4, 0.5) is 4.79 Å². The number of likely N-dealkylation sites (tertiary alicyclic amines) is 1. The Bertz CT molecular complexity index is 650. The summed E-state index contributed by atoms with van der Waals surface area (Å²) >= 11 is 0. The minimum Gasteiger partial charge on any atom is -0.508 e. The van der Waals surface area contributed by atoms with Gasteiger partial charge in [-0.2, -0.15) is 0 Å². The van der Waals surface area contributed by atoms with Gasteiger partial charge in [0, 0.05) is 44.2 Å². The van der Waals surface area contributed by atoms with Gasteiger partial charge in [-0.15, -0.1) is 0 Å². The van der Waals surface area contributed by atoms with Crippen molar-refractivity contribution in [3.05, 3.63) is 29.8 Å². The van der Waals surface area contributed by atoms with E-state index in [0.717, 1.165) is 31.5 Å². The van der Waals surface area contributed by atoms with E-state index in [1.807, 2.05) is 23.1 Å². The van der Waals surface area contributed by atoms with Gasteiger partial charge in [0.15, 0.2) is 0 Å². The number of phenols is 1. The van der Waals surface area contributed by atoms with E-state index in [2.05, 4.69) is 4.90 Å². The van der Waals surface area contributed by atoms with Gasteiger partial charge in [-0.05, 0) is 38.9 Å². The summed E-state index contributed by atoms with van der Waals surface area (Å²) < 4.78 is 5.02.